The number of hydrogen-bond acceptors (Lipinski definition) is 3. The summed E-state index contributed by atoms with van der Waals surface area (Å²) < 4.78 is 5.75. The van der Waals surface area contributed by atoms with Gasteiger partial charge in [0.15, 0.2) is 0 Å². The highest BCUT2D eigenvalue weighted by Crippen LogP contribution is 2.20. The number of carbonyl (C=O) groups excluding carboxylic acids is 2. The van der Waals surface area contributed by atoms with Crippen LogP contribution in [0.2, 0.25) is 0 Å². The summed E-state index contributed by atoms with van der Waals surface area (Å²) in [5, 5.41) is 2.66. The minimum atomic E-state index is -0.399. The Morgan fingerprint density at radius 3 is 2.56 bits per heavy atom. The average molecular weight is 364 g/mol. The summed E-state index contributed by atoms with van der Waals surface area (Å²) >= 11 is 0. The SMILES string of the molecule is CC[C@H](C)Oc1ccc(/C=C2/NC(=O)N(Cc3cccc(C)c3)C2=O)cc1. The van der Waals surface area contributed by atoms with Crippen LogP contribution < -0.4 is 10.1 Å². The molecule has 0 unspecified atom stereocenters. The lowest BCUT2D eigenvalue weighted by Crippen LogP contribution is -2.30. The minimum Gasteiger partial charge on any atom is -0.491 e. The lowest BCUT2D eigenvalue weighted by Gasteiger charge is -2.12. The molecule has 0 saturated carbocycles. The molecular formula is C22H24N2O3. The molecule has 1 N–H and O–H groups in total. The molecule has 5 nitrogen and oxygen atoms in total. The van der Waals surface area contributed by atoms with Crippen LogP contribution in [0.25, 0.3) is 6.08 Å². The third-order valence-corrected chi connectivity index (χ3v) is 4.49. The van der Waals surface area contributed by atoms with E-state index in [0.29, 0.717) is 0 Å². The number of imide groups is 1. The van der Waals surface area contributed by atoms with Crippen molar-refractivity contribution in [2.24, 2.45) is 0 Å². The van der Waals surface area contributed by atoms with Crippen LogP contribution in [-0.4, -0.2) is 22.9 Å². The second-order valence-electron chi connectivity index (χ2n) is 6.77. The predicted molar refractivity (Wildman–Crippen MR) is 105 cm³/mol. The van der Waals surface area contributed by atoms with Crippen molar-refractivity contribution in [3.63, 3.8) is 0 Å². The maximum absolute atomic E-state index is 12.6. The van der Waals surface area contributed by atoms with E-state index in [4.69, 9.17) is 4.74 Å². The van der Waals surface area contributed by atoms with Gasteiger partial charge in [0.2, 0.25) is 0 Å². The van der Waals surface area contributed by atoms with Gasteiger partial charge < -0.3 is 10.1 Å². The molecule has 0 bridgehead atoms. The van der Waals surface area contributed by atoms with Crippen LogP contribution >= 0.6 is 0 Å². The molecule has 0 spiro atoms. The molecule has 2 aromatic rings. The summed E-state index contributed by atoms with van der Waals surface area (Å²) in [6.07, 6.45) is 2.77. The predicted octanol–water partition coefficient (Wildman–Crippen LogP) is 4.27. The molecule has 5 heteroatoms. The number of rotatable bonds is 6. The Balaban J connectivity index is 1.72. The molecule has 1 heterocycles. The Bertz CT molecular complexity index is 871. The number of nitrogens with one attached hydrogen (secondary N) is 1. The van der Waals surface area contributed by atoms with E-state index in [-0.39, 0.29) is 24.3 Å². The van der Waals surface area contributed by atoms with Crippen molar-refractivity contribution >= 4 is 18.0 Å². The van der Waals surface area contributed by atoms with E-state index in [1.165, 1.54) is 4.90 Å². The number of aryl methyl sites for hydroxylation is 1. The van der Waals surface area contributed by atoms with Crippen LogP contribution in [0.4, 0.5) is 4.79 Å². The Morgan fingerprint density at radius 1 is 1.15 bits per heavy atom. The number of urea groups is 1. The van der Waals surface area contributed by atoms with Crippen molar-refractivity contribution in [1.82, 2.24) is 10.2 Å². The van der Waals surface area contributed by atoms with Crippen molar-refractivity contribution in [2.45, 2.75) is 39.8 Å². The van der Waals surface area contributed by atoms with E-state index in [1.807, 2.05) is 62.4 Å². The number of carbonyl (C=O) groups is 2. The monoisotopic (exact) mass is 364 g/mol. The third kappa shape index (κ3) is 4.56. The fourth-order valence-corrected chi connectivity index (χ4v) is 2.83. The summed E-state index contributed by atoms with van der Waals surface area (Å²) in [6.45, 7) is 6.33. The number of amides is 3. The second-order valence-corrected chi connectivity index (χ2v) is 6.77. The van der Waals surface area contributed by atoms with Crippen LogP contribution in [0.1, 0.15) is 37.0 Å². The molecule has 1 saturated heterocycles. The van der Waals surface area contributed by atoms with Gasteiger partial charge in [-0.1, -0.05) is 48.9 Å². The minimum absolute atomic E-state index is 0.153. The highest BCUT2D eigenvalue weighted by molar-refractivity contribution is 6.13. The quantitative estimate of drug-likeness (QED) is 0.615. The molecule has 3 amide bonds. The van der Waals surface area contributed by atoms with Crippen molar-refractivity contribution in [3.05, 3.63) is 70.9 Å². The van der Waals surface area contributed by atoms with Crippen LogP contribution in [-0.2, 0) is 11.3 Å². The second kappa shape index (κ2) is 8.08. The smallest absolute Gasteiger partial charge is 0.329 e. The molecule has 0 aromatic heterocycles. The van der Waals surface area contributed by atoms with Crippen molar-refractivity contribution < 1.29 is 14.3 Å². The molecule has 140 valence electrons. The van der Waals surface area contributed by atoms with Gasteiger partial charge >= 0.3 is 6.03 Å². The lowest BCUT2D eigenvalue weighted by molar-refractivity contribution is -0.123. The van der Waals surface area contributed by atoms with Gasteiger partial charge in [-0.05, 0) is 49.6 Å². The van der Waals surface area contributed by atoms with Gasteiger partial charge in [0.25, 0.3) is 5.91 Å². The largest absolute Gasteiger partial charge is 0.491 e. The normalized spacial score (nSPS) is 16.6. The van der Waals surface area contributed by atoms with Gasteiger partial charge in [0.05, 0.1) is 12.6 Å². The van der Waals surface area contributed by atoms with Crippen LogP contribution in [0.15, 0.2) is 54.2 Å². The summed E-state index contributed by atoms with van der Waals surface area (Å²) in [4.78, 5) is 26.0. The fraction of sp³-hybridized carbons (Fsp3) is 0.273. The number of benzene rings is 2. The Kier molecular flexibility index (Phi) is 5.60. The van der Waals surface area contributed by atoms with Crippen molar-refractivity contribution in [2.75, 3.05) is 0 Å². The third-order valence-electron chi connectivity index (χ3n) is 4.49. The first-order chi connectivity index (χ1) is 13.0. The topological polar surface area (TPSA) is 58.6 Å². The van der Waals surface area contributed by atoms with E-state index in [2.05, 4.69) is 12.2 Å². The highest BCUT2D eigenvalue weighted by atomic mass is 16.5. The molecule has 1 aliphatic rings. The van der Waals surface area contributed by atoms with Gasteiger partial charge in [-0.25, -0.2) is 4.79 Å². The average Bonchev–Trinajstić information content (AvgIpc) is 2.91. The van der Waals surface area contributed by atoms with Crippen LogP contribution in [0, 0.1) is 6.92 Å². The summed E-state index contributed by atoms with van der Waals surface area (Å²) in [5.41, 5.74) is 3.12. The van der Waals surface area contributed by atoms with Gasteiger partial charge in [0.1, 0.15) is 11.4 Å². The molecule has 3 rings (SSSR count). The van der Waals surface area contributed by atoms with Crippen molar-refractivity contribution in [3.8, 4) is 5.75 Å². The number of nitrogens with zero attached hydrogens (tertiary/aromatic N) is 1. The summed E-state index contributed by atoms with van der Waals surface area (Å²) in [6, 6.07) is 14.8. The molecule has 1 fully saturated rings. The van der Waals surface area contributed by atoms with Gasteiger partial charge in [-0.3, -0.25) is 9.69 Å². The molecular weight excluding hydrogens is 340 g/mol. The number of ether oxygens (including phenoxy) is 1. The van der Waals surface area contributed by atoms with Gasteiger partial charge in [-0.2, -0.15) is 0 Å². The van der Waals surface area contributed by atoms with E-state index in [1.54, 1.807) is 6.08 Å². The first-order valence-corrected chi connectivity index (χ1v) is 9.13. The molecule has 1 atom stereocenters. The van der Waals surface area contributed by atoms with E-state index in [9.17, 15) is 9.59 Å². The van der Waals surface area contributed by atoms with Gasteiger partial charge in [0, 0.05) is 0 Å². The maximum atomic E-state index is 12.6. The maximum Gasteiger partial charge on any atom is 0.329 e. The first-order valence-electron chi connectivity index (χ1n) is 9.13. The first kappa shape index (κ1) is 18.7. The van der Waals surface area contributed by atoms with Crippen LogP contribution in [0.5, 0.6) is 5.75 Å². The van der Waals surface area contributed by atoms with Gasteiger partial charge in [-0.15, -0.1) is 0 Å². The summed E-state index contributed by atoms with van der Waals surface area (Å²) in [7, 11) is 0. The number of hydrogen-bond donors (Lipinski definition) is 1. The van der Waals surface area contributed by atoms with E-state index >= 15 is 0 Å². The lowest BCUT2D eigenvalue weighted by atomic mass is 10.1. The summed E-state index contributed by atoms with van der Waals surface area (Å²) in [5.74, 6) is 0.468. The molecule has 0 radical (unpaired) electrons. The molecule has 1 aliphatic heterocycles. The molecule has 2 aromatic carbocycles. The zero-order valence-electron chi connectivity index (χ0n) is 15.9. The van der Waals surface area contributed by atoms with E-state index < -0.39 is 6.03 Å². The molecule has 0 aliphatic carbocycles. The Morgan fingerprint density at radius 2 is 1.89 bits per heavy atom. The molecule has 27 heavy (non-hydrogen) atoms. The zero-order valence-corrected chi connectivity index (χ0v) is 15.9. The standard InChI is InChI=1S/C22H24N2O3/c1-4-16(3)27-19-10-8-17(9-11-19)13-20-21(25)24(22(26)23-20)14-18-7-5-6-15(2)12-18/h5-13,16H,4,14H2,1-3H3,(H,23,26)/b20-13+/t16-/m0/s1. The van der Waals surface area contributed by atoms with E-state index in [0.717, 1.165) is 28.9 Å². The Labute approximate surface area is 159 Å². The van der Waals surface area contributed by atoms with Crippen molar-refractivity contribution in [1.29, 1.82) is 0 Å². The zero-order chi connectivity index (χ0) is 19.4. The van der Waals surface area contributed by atoms with Crippen LogP contribution in [0.3, 0.4) is 0 Å². The Hall–Kier alpha value is -3.08. The fourth-order valence-electron chi connectivity index (χ4n) is 2.83. The highest BCUT2D eigenvalue weighted by Gasteiger charge is 2.33.